The Morgan fingerprint density at radius 2 is 2.00 bits per heavy atom. The van der Waals surface area contributed by atoms with Gasteiger partial charge in [0.2, 0.25) is 0 Å². The lowest BCUT2D eigenvalue weighted by Crippen LogP contribution is -2.47. The van der Waals surface area contributed by atoms with Gasteiger partial charge in [0.05, 0.1) is 13.7 Å². The fraction of sp³-hybridized carbons (Fsp3) is 0.375. The minimum Gasteiger partial charge on any atom is -0.497 e. The van der Waals surface area contributed by atoms with E-state index >= 15 is 0 Å². The molecule has 2 aliphatic rings. The summed E-state index contributed by atoms with van der Waals surface area (Å²) in [7, 11) is 1.66. The van der Waals surface area contributed by atoms with Crippen LogP contribution in [0.2, 0.25) is 5.02 Å². The van der Waals surface area contributed by atoms with Gasteiger partial charge in [-0.05, 0) is 67.5 Å². The van der Waals surface area contributed by atoms with E-state index < -0.39 is 6.09 Å². The summed E-state index contributed by atoms with van der Waals surface area (Å²) in [6.45, 7) is 0.802. The van der Waals surface area contributed by atoms with Crippen LogP contribution in [-0.2, 0) is 4.74 Å². The van der Waals surface area contributed by atoms with E-state index in [4.69, 9.17) is 38.3 Å². The first-order valence-corrected chi connectivity index (χ1v) is 11.8. The molecule has 1 heterocycles. The molecule has 7 nitrogen and oxygen atoms in total. The zero-order chi connectivity index (χ0) is 23.3. The molecule has 2 N–H and O–H groups in total. The predicted octanol–water partition coefficient (Wildman–Crippen LogP) is 5.39. The molecule has 4 rings (SSSR count). The second kappa shape index (κ2) is 10.4. The Morgan fingerprint density at radius 1 is 1.24 bits per heavy atom. The minimum absolute atomic E-state index is 0.240. The SMILES string of the molecule is COc1ccc(N2C(=S)NC(=NCCCOC(=O)Nc3cccc(Cl)c3)C23CCCC3)cc1. The standard InChI is InChI=1S/C24H27ClN4O3S/c1-31-20-10-8-19(9-11-20)29-22(33)28-21(24(29)12-2-3-13-24)26-14-5-15-32-23(30)27-18-7-4-6-17(25)16-18/h4,6-11,16H,2-3,5,12-15H2,1H3,(H,27,30)(H,26,28,33). The Balaban J connectivity index is 1.35. The lowest BCUT2D eigenvalue weighted by Gasteiger charge is -2.34. The zero-order valence-electron chi connectivity index (χ0n) is 18.5. The van der Waals surface area contributed by atoms with Crippen molar-refractivity contribution in [1.29, 1.82) is 0 Å². The summed E-state index contributed by atoms with van der Waals surface area (Å²) < 4.78 is 10.6. The molecule has 9 heteroatoms. The van der Waals surface area contributed by atoms with E-state index in [1.807, 2.05) is 24.3 Å². The van der Waals surface area contributed by atoms with Gasteiger partial charge in [-0.25, -0.2) is 4.79 Å². The van der Waals surface area contributed by atoms with Gasteiger partial charge in [-0.1, -0.05) is 30.5 Å². The van der Waals surface area contributed by atoms with Gasteiger partial charge >= 0.3 is 6.09 Å². The Kier molecular flexibility index (Phi) is 7.35. The van der Waals surface area contributed by atoms with Crippen molar-refractivity contribution in [1.82, 2.24) is 5.32 Å². The van der Waals surface area contributed by atoms with Crippen molar-refractivity contribution < 1.29 is 14.3 Å². The molecule has 0 atom stereocenters. The van der Waals surface area contributed by atoms with E-state index in [9.17, 15) is 4.79 Å². The van der Waals surface area contributed by atoms with Gasteiger partial charge < -0.3 is 19.7 Å². The molecule has 1 amide bonds. The number of nitrogens with one attached hydrogen (secondary N) is 2. The van der Waals surface area contributed by atoms with Crippen LogP contribution < -0.4 is 20.3 Å². The van der Waals surface area contributed by atoms with Crippen LogP contribution >= 0.6 is 23.8 Å². The smallest absolute Gasteiger partial charge is 0.411 e. The number of hydrogen-bond acceptors (Lipinski definition) is 5. The third-order valence-corrected chi connectivity index (χ3v) is 6.45. The fourth-order valence-corrected chi connectivity index (χ4v) is 4.98. The monoisotopic (exact) mass is 486 g/mol. The first-order valence-electron chi connectivity index (χ1n) is 11.0. The molecular weight excluding hydrogens is 460 g/mol. The number of carbonyl (C=O) groups is 1. The molecule has 0 aromatic heterocycles. The Hall–Kier alpha value is -2.84. The van der Waals surface area contributed by atoms with Gasteiger partial charge in [-0.2, -0.15) is 0 Å². The molecular formula is C24H27ClN4O3S. The van der Waals surface area contributed by atoms with Crippen molar-refractivity contribution in [3.63, 3.8) is 0 Å². The van der Waals surface area contributed by atoms with Gasteiger partial charge in [0.25, 0.3) is 0 Å². The Morgan fingerprint density at radius 3 is 2.70 bits per heavy atom. The van der Waals surface area contributed by atoms with Gasteiger partial charge in [0.1, 0.15) is 17.1 Å². The summed E-state index contributed by atoms with van der Waals surface area (Å²) in [6, 6.07) is 14.9. The fourth-order valence-electron chi connectivity index (χ4n) is 4.42. The van der Waals surface area contributed by atoms with Gasteiger partial charge in [-0.3, -0.25) is 10.3 Å². The molecule has 2 fully saturated rings. The van der Waals surface area contributed by atoms with Crippen molar-refractivity contribution in [2.45, 2.75) is 37.6 Å². The maximum Gasteiger partial charge on any atom is 0.411 e. The number of nitrogens with zero attached hydrogens (tertiary/aromatic N) is 2. The van der Waals surface area contributed by atoms with Crippen molar-refractivity contribution in [2.75, 3.05) is 30.5 Å². The summed E-state index contributed by atoms with van der Waals surface area (Å²) in [6.07, 6.45) is 4.33. The van der Waals surface area contributed by atoms with Crippen LogP contribution in [0.4, 0.5) is 16.2 Å². The van der Waals surface area contributed by atoms with Gasteiger partial charge in [-0.15, -0.1) is 0 Å². The highest BCUT2D eigenvalue weighted by Crippen LogP contribution is 2.42. The van der Waals surface area contributed by atoms with Crippen LogP contribution in [0.25, 0.3) is 0 Å². The quantitative estimate of drug-likeness (QED) is 0.403. The summed E-state index contributed by atoms with van der Waals surface area (Å²) in [5.41, 5.74) is 1.39. The number of amides is 1. The summed E-state index contributed by atoms with van der Waals surface area (Å²) in [4.78, 5) is 19.0. The number of halogens is 1. The van der Waals surface area contributed by atoms with E-state index in [0.29, 0.717) is 28.8 Å². The number of carbonyl (C=O) groups excluding carboxylic acids is 1. The molecule has 1 saturated heterocycles. The first-order chi connectivity index (χ1) is 16.0. The largest absolute Gasteiger partial charge is 0.497 e. The Bertz CT molecular complexity index is 1040. The van der Waals surface area contributed by atoms with E-state index in [1.54, 1.807) is 31.4 Å². The molecule has 2 aromatic rings. The maximum absolute atomic E-state index is 12.0. The van der Waals surface area contributed by atoms with Crippen LogP contribution in [0.1, 0.15) is 32.1 Å². The predicted molar refractivity (Wildman–Crippen MR) is 136 cm³/mol. The molecule has 0 radical (unpaired) electrons. The number of thiocarbonyl (C=S) groups is 1. The lowest BCUT2D eigenvalue weighted by molar-refractivity contribution is 0.161. The minimum atomic E-state index is -0.511. The van der Waals surface area contributed by atoms with Crippen molar-refractivity contribution in [3.8, 4) is 5.75 Å². The molecule has 1 saturated carbocycles. The van der Waals surface area contributed by atoms with Crippen LogP contribution in [0, 0.1) is 0 Å². The lowest BCUT2D eigenvalue weighted by atomic mass is 9.94. The number of methoxy groups -OCH3 is 1. The normalized spacial score (nSPS) is 17.9. The first kappa shape index (κ1) is 23.3. The highest BCUT2D eigenvalue weighted by molar-refractivity contribution is 7.80. The number of benzene rings is 2. The van der Waals surface area contributed by atoms with E-state index in [1.165, 1.54) is 0 Å². The molecule has 2 aromatic carbocycles. The highest BCUT2D eigenvalue weighted by Gasteiger charge is 2.51. The average molecular weight is 487 g/mol. The third-order valence-electron chi connectivity index (χ3n) is 5.94. The second-order valence-electron chi connectivity index (χ2n) is 8.06. The van der Waals surface area contributed by atoms with E-state index in [2.05, 4.69) is 15.5 Å². The van der Waals surface area contributed by atoms with Gasteiger partial charge in [0, 0.05) is 29.4 Å². The van der Waals surface area contributed by atoms with E-state index in [-0.39, 0.29) is 12.1 Å². The molecule has 0 unspecified atom stereocenters. The van der Waals surface area contributed by atoms with Crippen LogP contribution in [0.5, 0.6) is 5.75 Å². The number of hydrogen-bond donors (Lipinski definition) is 2. The molecule has 1 aliphatic heterocycles. The topological polar surface area (TPSA) is 75.2 Å². The van der Waals surface area contributed by atoms with Crippen LogP contribution in [-0.4, -0.2) is 42.8 Å². The van der Waals surface area contributed by atoms with Crippen LogP contribution in [0.15, 0.2) is 53.5 Å². The molecule has 0 bridgehead atoms. The maximum atomic E-state index is 12.0. The van der Waals surface area contributed by atoms with Gasteiger partial charge in [0.15, 0.2) is 5.11 Å². The number of aliphatic imine (C=N–C) groups is 1. The molecule has 1 aliphatic carbocycles. The number of ether oxygens (including phenoxy) is 2. The summed E-state index contributed by atoms with van der Waals surface area (Å²) in [5.74, 6) is 1.72. The average Bonchev–Trinajstić information content (AvgIpc) is 3.39. The molecule has 174 valence electrons. The van der Waals surface area contributed by atoms with Crippen molar-refractivity contribution in [3.05, 3.63) is 53.6 Å². The molecule has 33 heavy (non-hydrogen) atoms. The highest BCUT2D eigenvalue weighted by atomic mass is 35.5. The van der Waals surface area contributed by atoms with Crippen molar-refractivity contribution >= 4 is 52.2 Å². The Labute approximate surface area is 204 Å². The zero-order valence-corrected chi connectivity index (χ0v) is 20.0. The third kappa shape index (κ3) is 5.23. The number of amidine groups is 1. The summed E-state index contributed by atoms with van der Waals surface area (Å²) in [5, 5.41) is 7.23. The number of anilines is 2. The number of rotatable bonds is 7. The molecule has 1 spiro atoms. The second-order valence-corrected chi connectivity index (χ2v) is 8.88. The van der Waals surface area contributed by atoms with Crippen molar-refractivity contribution in [2.24, 2.45) is 4.99 Å². The summed E-state index contributed by atoms with van der Waals surface area (Å²) >= 11 is 11.6. The van der Waals surface area contributed by atoms with E-state index in [0.717, 1.165) is 43.0 Å². The van der Waals surface area contributed by atoms with Crippen LogP contribution in [0.3, 0.4) is 0 Å².